The summed E-state index contributed by atoms with van der Waals surface area (Å²) < 4.78 is 29.3. The maximum absolute atomic E-state index is 14.5. The quantitative estimate of drug-likeness (QED) is 0.187. The molecule has 0 aliphatic carbocycles. The van der Waals surface area contributed by atoms with Gasteiger partial charge in [0.25, 0.3) is 10.0 Å². The van der Waals surface area contributed by atoms with Crippen LogP contribution in [-0.4, -0.2) is 44.3 Å². The molecule has 1 atom stereocenters. The van der Waals surface area contributed by atoms with Crippen LogP contribution in [0.5, 0.6) is 0 Å². The number of halogens is 1. The van der Waals surface area contributed by atoms with Crippen LogP contribution in [0.25, 0.3) is 0 Å². The summed E-state index contributed by atoms with van der Waals surface area (Å²) in [6.07, 6.45) is 0.989. The Morgan fingerprint density at radius 2 is 1.55 bits per heavy atom. The topological polar surface area (TPSA) is 86.8 Å². The van der Waals surface area contributed by atoms with Gasteiger partial charge in [-0.05, 0) is 67.3 Å². The molecule has 0 spiro atoms. The number of aryl methyl sites for hydroxylation is 2. The standard InChI is InChI=1S/C35H38ClN3O4S/c1-4-21-37-35(41)33(22-28-12-6-5-7-13-28)38(24-29-14-9-8-11-27(29)3)34(40)25-39(31-16-10-15-30(36)23-31)44(42,43)32-19-17-26(2)18-20-32/h5-20,23,33H,4,21-22,24-25H2,1-3H3,(H,37,41)/t33-/m1/s1. The van der Waals surface area contributed by atoms with E-state index in [4.69, 9.17) is 11.6 Å². The van der Waals surface area contributed by atoms with E-state index in [9.17, 15) is 18.0 Å². The SMILES string of the molecule is CCCNC(=O)[C@@H](Cc1ccccc1)N(Cc1ccccc1C)C(=O)CN(c1cccc(Cl)c1)S(=O)(=O)c1ccc(C)cc1. The largest absolute Gasteiger partial charge is 0.354 e. The zero-order chi connectivity index (χ0) is 31.7. The van der Waals surface area contributed by atoms with Gasteiger partial charge in [-0.3, -0.25) is 13.9 Å². The molecule has 4 aromatic carbocycles. The monoisotopic (exact) mass is 631 g/mol. The van der Waals surface area contributed by atoms with Gasteiger partial charge in [-0.1, -0.05) is 96.9 Å². The van der Waals surface area contributed by atoms with E-state index in [2.05, 4.69) is 5.32 Å². The van der Waals surface area contributed by atoms with Gasteiger partial charge in [0.05, 0.1) is 10.6 Å². The van der Waals surface area contributed by atoms with Crippen molar-refractivity contribution in [3.63, 3.8) is 0 Å². The highest BCUT2D eigenvalue weighted by molar-refractivity contribution is 7.92. The van der Waals surface area contributed by atoms with Crippen LogP contribution in [0.4, 0.5) is 5.69 Å². The molecule has 0 bridgehead atoms. The summed E-state index contributed by atoms with van der Waals surface area (Å²) in [6, 6.07) is 29.1. The lowest BCUT2D eigenvalue weighted by Gasteiger charge is -2.34. The molecule has 7 nitrogen and oxygen atoms in total. The third-order valence-corrected chi connectivity index (χ3v) is 9.43. The van der Waals surface area contributed by atoms with Crippen LogP contribution >= 0.6 is 11.6 Å². The Labute approximate surface area is 265 Å². The number of rotatable bonds is 13. The molecule has 4 rings (SSSR count). The Hall–Kier alpha value is -4.14. The first-order valence-electron chi connectivity index (χ1n) is 14.6. The minimum Gasteiger partial charge on any atom is -0.354 e. The van der Waals surface area contributed by atoms with E-state index in [1.807, 2.05) is 75.4 Å². The molecule has 0 saturated heterocycles. The fourth-order valence-electron chi connectivity index (χ4n) is 4.89. The summed E-state index contributed by atoms with van der Waals surface area (Å²) in [7, 11) is -4.19. The highest BCUT2D eigenvalue weighted by Gasteiger charge is 2.34. The summed E-state index contributed by atoms with van der Waals surface area (Å²) in [4.78, 5) is 29.7. The van der Waals surface area contributed by atoms with Gasteiger partial charge in [0.2, 0.25) is 11.8 Å². The first kappa shape index (κ1) is 32.8. The van der Waals surface area contributed by atoms with Crippen LogP contribution in [0, 0.1) is 13.8 Å². The Kier molecular flexibility index (Phi) is 11.2. The van der Waals surface area contributed by atoms with E-state index in [1.54, 1.807) is 30.3 Å². The van der Waals surface area contributed by atoms with E-state index in [0.29, 0.717) is 11.6 Å². The van der Waals surface area contributed by atoms with Gasteiger partial charge in [-0.15, -0.1) is 0 Å². The fourth-order valence-corrected chi connectivity index (χ4v) is 6.48. The summed E-state index contributed by atoms with van der Waals surface area (Å²) >= 11 is 6.29. The van der Waals surface area contributed by atoms with Crippen LogP contribution in [0.2, 0.25) is 5.02 Å². The van der Waals surface area contributed by atoms with E-state index < -0.39 is 28.5 Å². The summed E-state index contributed by atoms with van der Waals surface area (Å²) in [5.74, 6) is -0.815. The van der Waals surface area contributed by atoms with Crippen molar-refractivity contribution in [1.29, 1.82) is 0 Å². The molecular formula is C35H38ClN3O4S. The molecule has 230 valence electrons. The molecule has 0 radical (unpaired) electrons. The number of hydrogen-bond donors (Lipinski definition) is 1. The van der Waals surface area contributed by atoms with Crippen LogP contribution in [0.1, 0.15) is 35.6 Å². The molecule has 2 amide bonds. The second-order valence-corrected chi connectivity index (χ2v) is 13.0. The van der Waals surface area contributed by atoms with E-state index in [1.165, 1.54) is 23.1 Å². The number of nitrogens with one attached hydrogen (secondary N) is 1. The van der Waals surface area contributed by atoms with E-state index >= 15 is 0 Å². The van der Waals surface area contributed by atoms with Crippen molar-refractivity contribution < 1.29 is 18.0 Å². The zero-order valence-electron chi connectivity index (χ0n) is 25.2. The second-order valence-electron chi connectivity index (χ2n) is 10.7. The number of nitrogens with zero attached hydrogens (tertiary/aromatic N) is 2. The van der Waals surface area contributed by atoms with Crippen LogP contribution in [-0.2, 0) is 32.6 Å². The normalized spacial score (nSPS) is 11.9. The minimum absolute atomic E-state index is 0.0443. The molecule has 0 saturated carbocycles. The zero-order valence-corrected chi connectivity index (χ0v) is 26.8. The average Bonchev–Trinajstić information content (AvgIpc) is 3.01. The fraction of sp³-hybridized carbons (Fsp3) is 0.257. The highest BCUT2D eigenvalue weighted by atomic mass is 35.5. The van der Waals surface area contributed by atoms with Crippen molar-refractivity contribution in [1.82, 2.24) is 10.2 Å². The number of amides is 2. The van der Waals surface area contributed by atoms with Crippen molar-refractivity contribution in [2.24, 2.45) is 0 Å². The molecule has 0 heterocycles. The molecule has 4 aromatic rings. The number of anilines is 1. The number of carbonyl (C=O) groups is 2. The van der Waals surface area contributed by atoms with Gasteiger partial charge in [0.1, 0.15) is 12.6 Å². The van der Waals surface area contributed by atoms with Gasteiger partial charge >= 0.3 is 0 Å². The molecule has 0 fully saturated rings. The molecule has 0 aromatic heterocycles. The number of benzene rings is 4. The summed E-state index contributed by atoms with van der Waals surface area (Å²) in [5, 5.41) is 3.29. The van der Waals surface area contributed by atoms with Crippen molar-refractivity contribution in [2.75, 3.05) is 17.4 Å². The van der Waals surface area contributed by atoms with Gasteiger partial charge in [0.15, 0.2) is 0 Å². The lowest BCUT2D eigenvalue weighted by molar-refractivity contribution is -0.140. The lowest BCUT2D eigenvalue weighted by Crippen LogP contribution is -2.53. The molecule has 0 aliphatic rings. The first-order chi connectivity index (χ1) is 21.1. The molecule has 44 heavy (non-hydrogen) atoms. The molecular weight excluding hydrogens is 594 g/mol. The Balaban J connectivity index is 1.80. The molecule has 9 heteroatoms. The van der Waals surface area contributed by atoms with Crippen molar-refractivity contribution in [2.45, 2.75) is 51.1 Å². The predicted molar refractivity (Wildman–Crippen MR) is 176 cm³/mol. The smallest absolute Gasteiger partial charge is 0.264 e. The van der Waals surface area contributed by atoms with Crippen molar-refractivity contribution >= 4 is 39.1 Å². The van der Waals surface area contributed by atoms with Gasteiger partial charge in [0, 0.05) is 24.5 Å². The third kappa shape index (κ3) is 8.27. The number of sulfonamides is 1. The van der Waals surface area contributed by atoms with E-state index in [0.717, 1.165) is 33.0 Å². The Bertz CT molecular complexity index is 1680. The van der Waals surface area contributed by atoms with Crippen molar-refractivity contribution in [3.05, 3.63) is 130 Å². The van der Waals surface area contributed by atoms with Gasteiger partial charge in [-0.2, -0.15) is 0 Å². The minimum atomic E-state index is -4.19. The van der Waals surface area contributed by atoms with Gasteiger partial charge in [-0.25, -0.2) is 8.42 Å². The Morgan fingerprint density at radius 1 is 0.864 bits per heavy atom. The second kappa shape index (κ2) is 15.0. The van der Waals surface area contributed by atoms with Crippen LogP contribution in [0.3, 0.4) is 0 Å². The first-order valence-corrected chi connectivity index (χ1v) is 16.4. The number of hydrogen-bond acceptors (Lipinski definition) is 4. The molecule has 0 unspecified atom stereocenters. The van der Waals surface area contributed by atoms with E-state index in [-0.39, 0.29) is 29.5 Å². The molecule has 1 N–H and O–H groups in total. The van der Waals surface area contributed by atoms with Crippen LogP contribution < -0.4 is 9.62 Å². The van der Waals surface area contributed by atoms with Gasteiger partial charge < -0.3 is 10.2 Å². The maximum Gasteiger partial charge on any atom is 0.264 e. The average molecular weight is 632 g/mol. The maximum atomic E-state index is 14.5. The predicted octanol–water partition coefficient (Wildman–Crippen LogP) is 6.32. The summed E-state index contributed by atoms with van der Waals surface area (Å²) in [5.41, 5.74) is 3.85. The van der Waals surface area contributed by atoms with Crippen LogP contribution in [0.15, 0.2) is 108 Å². The number of carbonyl (C=O) groups excluding carboxylic acids is 2. The summed E-state index contributed by atoms with van der Waals surface area (Å²) in [6.45, 7) is 5.82. The Morgan fingerprint density at radius 3 is 2.20 bits per heavy atom. The highest BCUT2D eigenvalue weighted by Crippen LogP contribution is 2.27. The third-order valence-electron chi connectivity index (χ3n) is 7.41. The lowest BCUT2D eigenvalue weighted by atomic mass is 10.0. The van der Waals surface area contributed by atoms with Crippen molar-refractivity contribution in [3.8, 4) is 0 Å². The molecule has 0 aliphatic heterocycles.